The molecule has 1 aliphatic heterocycles. The van der Waals surface area contributed by atoms with Gasteiger partial charge in [-0.2, -0.15) is 0 Å². The van der Waals surface area contributed by atoms with Gasteiger partial charge in [-0.05, 0) is 71.8 Å². The largest absolute Gasteiger partial charge is 0.493 e. The lowest BCUT2D eigenvalue weighted by Crippen LogP contribution is -2.15. The average molecular weight is 617 g/mol. The molecule has 0 fully saturated rings. The Kier molecular flexibility index (Phi) is 7.03. The second-order valence-corrected chi connectivity index (χ2v) is 13.6. The number of benzene rings is 5. The molecule has 0 spiro atoms. The second-order valence-electron chi connectivity index (χ2n) is 10.5. The molecular weight excluding hydrogens is 589 g/mol. The Hall–Kier alpha value is -4.79. The maximum atomic E-state index is 12.2. The van der Waals surface area contributed by atoms with Crippen molar-refractivity contribution in [2.24, 2.45) is 0 Å². The van der Waals surface area contributed by atoms with Gasteiger partial charge in [-0.15, -0.1) is 0 Å². The standard InChI is InChI=1S/C36H28N2O4S2/c1-41-32-20-17-24(21-33(32)42-2)27-22-28(23-15-18-25(19-16-23)44(3,39)40)37-36-26(27)9-8-12-31(36)38-29-10-4-6-13-34(29)43-35-14-7-5-11-30(35)38/h4-22H,1-3H3. The van der Waals surface area contributed by atoms with Crippen LogP contribution in [0, 0.1) is 0 Å². The second kappa shape index (κ2) is 11.0. The number of fused-ring (bicyclic) bond motifs is 3. The molecule has 0 saturated carbocycles. The summed E-state index contributed by atoms with van der Waals surface area (Å²) < 4.78 is 35.5. The third kappa shape index (κ3) is 4.86. The van der Waals surface area contributed by atoms with E-state index in [-0.39, 0.29) is 4.90 Å². The van der Waals surface area contributed by atoms with Gasteiger partial charge in [0.1, 0.15) is 0 Å². The molecule has 1 aliphatic rings. The molecule has 0 radical (unpaired) electrons. The molecule has 7 rings (SSSR count). The Morgan fingerprint density at radius 3 is 1.91 bits per heavy atom. The van der Waals surface area contributed by atoms with Crippen LogP contribution in [0.25, 0.3) is 33.3 Å². The highest BCUT2D eigenvalue weighted by molar-refractivity contribution is 7.99. The predicted octanol–water partition coefficient (Wildman–Crippen LogP) is 8.92. The lowest BCUT2D eigenvalue weighted by atomic mass is 9.97. The van der Waals surface area contributed by atoms with E-state index in [1.807, 2.05) is 30.3 Å². The molecule has 5 aromatic carbocycles. The summed E-state index contributed by atoms with van der Waals surface area (Å²) >= 11 is 1.76. The normalized spacial score (nSPS) is 12.5. The van der Waals surface area contributed by atoms with Crippen LogP contribution >= 0.6 is 11.8 Å². The quantitative estimate of drug-likeness (QED) is 0.185. The molecular formula is C36H28N2O4S2. The highest BCUT2D eigenvalue weighted by Crippen LogP contribution is 2.52. The van der Waals surface area contributed by atoms with Crippen LogP contribution in [-0.4, -0.2) is 33.9 Å². The summed E-state index contributed by atoms with van der Waals surface area (Å²) in [5, 5.41) is 0.972. The van der Waals surface area contributed by atoms with E-state index in [0.29, 0.717) is 11.5 Å². The molecule has 0 atom stereocenters. The number of anilines is 3. The average Bonchev–Trinajstić information content (AvgIpc) is 3.05. The molecule has 6 nitrogen and oxygen atoms in total. The van der Waals surface area contributed by atoms with E-state index in [2.05, 4.69) is 77.7 Å². The molecule has 6 aromatic rings. The minimum atomic E-state index is -3.33. The molecule has 218 valence electrons. The Morgan fingerprint density at radius 2 is 1.27 bits per heavy atom. The smallest absolute Gasteiger partial charge is 0.175 e. The fraction of sp³-hybridized carbons (Fsp3) is 0.0833. The van der Waals surface area contributed by atoms with E-state index in [9.17, 15) is 8.42 Å². The Labute approximate surface area is 260 Å². The summed E-state index contributed by atoms with van der Waals surface area (Å²) in [6.45, 7) is 0. The number of para-hydroxylation sites is 3. The molecule has 44 heavy (non-hydrogen) atoms. The summed E-state index contributed by atoms with van der Waals surface area (Å²) in [5.41, 5.74) is 7.37. The first-order valence-corrected chi connectivity index (χ1v) is 16.7. The molecule has 0 N–H and O–H groups in total. The Bertz CT molecular complexity index is 2120. The van der Waals surface area contributed by atoms with Gasteiger partial charge in [0.15, 0.2) is 21.3 Å². The van der Waals surface area contributed by atoms with Crippen LogP contribution in [0.5, 0.6) is 11.5 Å². The molecule has 0 bridgehead atoms. The fourth-order valence-electron chi connectivity index (χ4n) is 5.64. The lowest BCUT2D eigenvalue weighted by Gasteiger charge is -2.33. The fourth-order valence-corrected chi connectivity index (χ4v) is 7.33. The van der Waals surface area contributed by atoms with Crippen LogP contribution in [-0.2, 0) is 9.84 Å². The number of rotatable bonds is 6. The number of ether oxygens (including phenoxy) is 2. The molecule has 0 amide bonds. The maximum absolute atomic E-state index is 12.2. The van der Waals surface area contributed by atoms with Gasteiger partial charge in [-0.25, -0.2) is 13.4 Å². The van der Waals surface area contributed by atoms with Crippen LogP contribution < -0.4 is 14.4 Å². The van der Waals surface area contributed by atoms with Crippen molar-refractivity contribution in [2.75, 3.05) is 25.4 Å². The molecule has 0 unspecified atom stereocenters. The Morgan fingerprint density at radius 1 is 0.659 bits per heavy atom. The van der Waals surface area contributed by atoms with Crippen molar-refractivity contribution in [2.45, 2.75) is 14.7 Å². The zero-order valence-electron chi connectivity index (χ0n) is 24.3. The number of methoxy groups -OCH3 is 2. The monoisotopic (exact) mass is 616 g/mol. The number of sulfone groups is 1. The van der Waals surface area contributed by atoms with Gasteiger partial charge < -0.3 is 14.4 Å². The zero-order valence-corrected chi connectivity index (χ0v) is 25.9. The summed E-state index contributed by atoms with van der Waals surface area (Å²) in [6.07, 6.45) is 1.21. The third-order valence-electron chi connectivity index (χ3n) is 7.76. The van der Waals surface area contributed by atoms with Gasteiger partial charge in [0.05, 0.1) is 47.4 Å². The molecule has 1 aromatic heterocycles. The zero-order chi connectivity index (χ0) is 30.4. The molecule has 0 saturated heterocycles. The SMILES string of the molecule is COc1ccc(-c2cc(-c3ccc(S(C)(=O)=O)cc3)nc3c(N4c5ccccc5Sc5ccccc54)cccc23)cc1OC. The van der Waals surface area contributed by atoms with Crippen molar-refractivity contribution < 1.29 is 17.9 Å². The number of hydrogen-bond acceptors (Lipinski definition) is 7. The van der Waals surface area contributed by atoms with E-state index >= 15 is 0 Å². The maximum Gasteiger partial charge on any atom is 0.175 e. The first-order chi connectivity index (χ1) is 21.4. The number of hydrogen-bond donors (Lipinski definition) is 0. The van der Waals surface area contributed by atoms with E-state index in [1.165, 1.54) is 6.26 Å². The number of pyridine rings is 1. The van der Waals surface area contributed by atoms with Gasteiger partial charge in [-0.1, -0.05) is 66.4 Å². The first kappa shape index (κ1) is 28.0. The molecule has 8 heteroatoms. The van der Waals surface area contributed by atoms with E-state index in [4.69, 9.17) is 14.5 Å². The highest BCUT2D eigenvalue weighted by Gasteiger charge is 2.27. The van der Waals surface area contributed by atoms with Crippen molar-refractivity contribution in [1.29, 1.82) is 0 Å². The van der Waals surface area contributed by atoms with E-state index in [0.717, 1.165) is 60.1 Å². The van der Waals surface area contributed by atoms with Crippen molar-refractivity contribution in [1.82, 2.24) is 4.98 Å². The third-order valence-corrected chi connectivity index (χ3v) is 10.0. The van der Waals surface area contributed by atoms with Crippen LogP contribution in [0.15, 0.2) is 130 Å². The van der Waals surface area contributed by atoms with Crippen molar-refractivity contribution in [3.63, 3.8) is 0 Å². The highest BCUT2D eigenvalue weighted by atomic mass is 32.2. The summed E-state index contributed by atoms with van der Waals surface area (Å²) in [4.78, 5) is 10.1. The van der Waals surface area contributed by atoms with E-state index in [1.54, 1.807) is 38.1 Å². The van der Waals surface area contributed by atoms with Gasteiger partial charge in [0.25, 0.3) is 0 Å². The Balaban J connectivity index is 1.52. The van der Waals surface area contributed by atoms with Gasteiger partial charge in [0, 0.05) is 27.0 Å². The summed E-state index contributed by atoms with van der Waals surface area (Å²) in [5.74, 6) is 1.27. The number of nitrogens with zero attached hydrogens (tertiary/aromatic N) is 2. The topological polar surface area (TPSA) is 68.7 Å². The molecule has 2 heterocycles. The van der Waals surface area contributed by atoms with Gasteiger partial charge >= 0.3 is 0 Å². The lowest BCUT2D eigenvalue weighted by molar-refractivity contribution is 0.355. The summed E-state index contributed by atoms with van der Waals surface area (Å²) in [6, 6.07) is 37.9. The van der Waals surface area contributed by atoms with Crippen molar-refractivity contribution in [3.05, 3.63) is 115 Å². The van der Waals surface area contributed by atoms with E-state index < -0.39 is 9.84 Å². The summed E-state index contributed by atoms with van der Waals surface area (Å²) in [7, 11) is -0.0859. The van der Waals surface area contributed by atoms with Crippen LogP contribution in [0.4, 0.5) is 17.1 Å². The predicted molar refractivity (Wildman–Crippen MR) is 178 cm³/mol. The van der Waals surface area contributed by atoms with Gasteiger partial charge in [0.2, 0.25) is 0 Å². The van der Waals surface area contributed by atoms with Crippen LogP contribution in [0.1, 0.15) is 0 Å². The van der Waals surface area contributed by atoms with Gasteiger partial charge in [-0.3, -0.25) is 0 Å². The minimum Gasteiger partial charge on any atom is -0.493 e. The van der Waals surface area contributed by atoms with Crippen molar-refractivity contribution in [3.8, 4) is 33.9 Å². The minimum absolute atomic E-state index is 0.266. The van der Waals surface area contributed by atoms with Crippen molar-refractivity contribution >= 4 is 49.6 Å². The first-order valence-electron chi connectivity index (χ1n) is 14.0. The van der Waals surface area contributed by atoms with Crippen LogP contribution in [0.3, 0.4) is 0 Å². The molecule has 0 aliphatic carbocycles. The number of aromatic nitrogens is 1. The van der Waals surface area contributed by atoms with Crippen LogP contribution in [0.2, 0.25) is 0 Å².